The van der Waals surface area contributed by atoms with E-state index in [1.165, 1.54) is 0 Å². The van der Waals surface area contributed by atoms with Crippen LogP contribution in [0.2, 0.25) is 5.02 Å². The summed E-state index contributed by atoms with van der Waals surface area (Å²) in [6.45, 7) is 1.87. The monoisotopic (exact) mass is 226 g/mol. The van der Waals surface area contributed by atoms with Gasteiger partial charge in [0.05, 0.1) is 11.4 Å². The predicted molar refractivity (Wildman–Crippen MR) is 56.5 cm³/mol. The van der Waals surface area contributed by atoms with Crippen LogP contribution in [0, 0.1) is 0 Å². The fourth-order valence-electron chi connectivity index (χ4n) is 1.93. The Bertz CT molecular complexity index is 403. The molecule has 80 valence electrons. The van der Waals surface area contributed by atoms with Crippen LogP contribution in [0.15, 0.2) is 18.2 Å². The average Bonchev–Trinajstić information content (AvgIpc) is 2.45. The second kappa shape index (κ2) is 3.74. The Hall–Kier alpha value is -1.22. The summed E-state index contributed by atoms with van der Waals surface area (Å²) in [6.07, 6.45) is -0.0508. The van der Waals surface area contributed by atoms with Gasteiger partial charge >= 0.3 is 5.97 Å². The molecule has 15 heavy (non-hydrogen) atoms. The Morgan fingerprint density at radius 3 is 3.00 bits per heavy atom. The fourth-order valence-corrected chi connectivity index (χ4v) is 2.15. The zero-order valence-corrected chi connectivity index (χ0v) is 8.99. The molecule has 4 heteroatoms. The normalized spacial score (nSPS) is 23.3. The van der Waals surface area contributed by atoms with Crippen molar-refractivity contribution in [2.75, 3.05) is 0 Å². The summed E-state index contributed by atoms with van der Waals surface area (Å²) >= 11 is 5.96. The first kappa shape index (κ1) is 10.3. The van der Waals surface area contributed by atoms with E-state index in [1.54, 1.807) is 6.07 Å². The number of ether oxygens (including phenoxy) is 1. The summed E-state index contributed by atoms with van der Waals surface area (Å²) in [5.74, 6) is -0.280. The van der Waals surface area contributed by atoms with Crippen molar-refractivity contribution in [2.24, 2.45) is 0 Å². The van der Waals surface area contributed by atoms with Crippen LogP contribution in [0.25, 0.3) is 0 Å². The van der Waals surface area contributed by atoms with E-state index in [1.807, 2.05) is 19.1 Å². The molecule has 0 saturated heterocycles. The third kappa shape index (κ3) is 1.79. The maximum atomic E-state index is 10.7. The highest BCUT2D eigenvalue weighted by atomic mass is 35.5. The van der Waals surface area contributed by atoms with Gasteiger partial charge in [-0.05, 0) is 13.0 Å². The van der Waals surface area contributed by atoms with Gasteiger partial charge in [0.2, 0.25) is 0 Å². The summed E-state index contributed by atoms with van der Waals surface area (Å²) in [4.78, 5) is 10.7. The number of para-hydroxylation sites is 1. The average molecular weight is 227 g/mol. The minimum atomic E-state index is -0.816. The summed E-state index contributed by atoms with van der Waals surface area (Å²) in [7, 11) is 0. The van der Waals surface area contributed by atoms with E-state index in [-0.39, 0.29) is 18.4 Å². The molecule has 0 fully saturated rings. The minimum absolute atomic E-state index is 0.0779. The topological polar surface area (TPSA) is 46.5 Å². The van der Waals surface area contributed by atoms with Gasteiger partial charge in [-0.15, -0.1) is 0 Å². The van der Waals surface area contributed by atoms with Gasteiger partial charge in [0, 0.05) is 11.5 Å². The summed E-state index contributed by atoms with van der Waals surface area (Å²) in [5, 5.41) is 9.35. The highest BCUT2D eigenvalue weighted by Crippen LogP contribution is 2.43. The van der Waals surface area contributed by atoms with Gasteiger partial charge < -0.3 is 9.84 Å². The quantitative estimate of drug-likeness (QED) is 0.844. The molecule has 1 aromatic carbocycles. The molecule has 0 bridgehead atoms. The zero-order chi connectivity index (χ0) is 11.0. The molecule has 2 rings (SSSR count). The maximum absolute atomic E-state index is 10.7. The molecule has 0 radical (unpaired) electrons. The van der Waals surface area contributed by atoms with Crippen LogP contribution < -0.4 is 4.74 Å². The van der Waals surface area contributed by atoms with Crippen LogP contribution in [0.3, 0.4) is 0 Å². The number of carbonyl (C=O) groups is 1. The van der Waals surface area contributed by atoms with Gasteiger partial charge in [0.1, 0.15) is 11.9 Å². The van der Waals surface area contributed by atoms with Gasteiger partial charge in [0.25, 0.3) is 0 Å². The van der Waals surface area contributed by atoms with Crippen LogP contribution in [-0.2, 0) is 4.79 Å². The summed E-state index contributed by atoms with van der Waals surface area (Å²) in [5.41, 5.74) is 0.900. The third-order valence-corrected chi connectivity index (χ3v) is 2.96. The Balaban J connectivity index is 2.37. The lowest BCUT2D eigenvalue weighted by Crippen LogP contribution is -2.17. The van der Waals surface area contributed by atoms with Crippen molar-refractivity contribution in [1.29, 1.82) is 0 Å². The van der Waals surface area contributed by atoms with Crippen molar-refractivity contribution in [2.45, 2.75) is 25.4 Å². The minimum Gasteiger partial charge on any atom is -0.488 e. The van der Waals surface area contributed by atoms with Crippen molar-refractivity contribution >= 4 is 17.6 Å². The number of aliphatic carboxylic acids is 1. The maximum Gasteiger partial charge on any atom is 0.304 e. The number of benzene rings is 1. The van der Waals surface area contributed by atoms with Crippen LogP contribution in [0.1, 0.15) is 24.8 Å². The van der Waals surface area contributed by atoms with E-state index in [2.05, 4.69) is 0 Å². The SMILES string of the molecule is CC1Oc2c(Cl)cccc2C1CC(=O)O. The smallest absolute Gasteiger partial charge is 0.304 e. The molecule has 1 aromatic rings. The van der Waals surface area contributed by atoms with E-state index in [9.17, 15) is 4.79 Å². The van der Waals surface area contributed by atoms with Crippen LogP contribution in [0.4, 0.5) is 0 Å². The van der Waals surface area contributed by atoms with Crippen molar-refractivity contribution in [1.82, 2.24) is 0 Å². The van der Waals surface area contributed by atoms with Crippen molar-refractivity contribution < 1.29 is 14.6 Å². The molecule has 1 aliphatic rings. The molecule has 0 spiro atoms. The number of rotatable bonds is 2. The number of carboxylic acids is 1. The summed E-state index contributed by atoms with van der Waals surface area (Å²) < 4.78 is 5.56. The van der Waals surface area contributed by atoms with Crippen LogP contribution >= 0.6 is 11.6 Å². The number of carboxylic acid groups (broad SMARTS) is 1. The largest absolute Gasteiger partial charge is 0.488 e. The molecule has 2 unspecified atom stereocenters. The molecule has 2 atom stereocenters. The predicted octanol–water partition coefficient (Wildman–Crippen LogP) is 2.68. The number of hydrogen-bond acceptors (Lipinski definition) is 2. The molecule has 0 aliphatic carbocycles. The first-order chi connectivity index (χ1) is 7.09. The van der Waals surface area contributed by atoms with Crippen molar-refractivity contribution in [3.63, 3.8) is 0 Å². The molecule has 1 aliphatic heterocycles. The zero-order valence-electron chi connectivity index (χ0n) is 8.24. The van der Waals surface area contributed by atoms with Gasteiger partial charge in [0.15, 0.2) is 0 Å². The molecule has 0 saturated carbocycles. The highest BCUT2D eigenvalue weighted by molar-refractivity contribution is 6.32. The van der Waals surface area contributed by atoms with E-state index in [4.69, 9.17) is 21.4 Å². The van der Waals surface area contributed by atoms with Crippen molar-refractivity contribution in [3.8, 4) is 5.75 Å². The van der Waals surface area contributed by atoms with E-state index >= 15 is 0 Å². The van der Waals surface area contributed by atoms with E-state index in [0.29, 0.717) is 10.8 Å². The lowest BCUT2D eigenvalue weighted by molar-refractivity contribution is -0.137. The standard InChI is InChI=1S/C11H11ClO3/c1-6-8(5-10(13)14)7-3-2-4-9(12)11(7)15-6/h2-4,6,8H,5H2,1H3,(H,13,14). The molecular formula is C11H11ClO3. The molecule has 1 heterocycles. The Morgan fingerprint density at radius 2 is 2.33 bits per heavy atom. The molecule has 0 amide bonds. The Labute approximate surface area is 92.6 Å². The van der Waals surface area contributed by atoms with Gasteiger partial charge in [-0.2, -0.15) is 0 Å². The first-order valence-corrected chi connectivity index (χ1v) is 5.14. The first-order valence-electron chi connectivity index (χ1n) is 4.76. The van der Waals surface area contributed by atoms with Gasteiger partial charge in [-0.25, -0.2) is 0 Å². The van der Waals surface area contributed by atoms with Crippen molar-refractivity contribution in [3.05, 3.63) is 28.8 Å². The number of fused-ring (bicyclic) bond motifs is 1. The fraction of sp³-hybridized carbons (Fsp3) is 0.364. The molecule has 3 nitrogen and oxygen atoms in total. The Morgan fingerprint density at radius 1 is 1.60 bits per heavy atom. The van der Waals surface area contributed by atoms with E-state index in [0.717, 1.165) is 5.56 Å². The number of hydrogen-bond donors (Lipinski definition) is 1. The van der Waals surface area contributed by atoms with E-state index < -0.39 is 5.97 Å². The van der Waals surface area contributed by atoms with Crippen LogP contribution in [-0.4, -0.2) is 17.2 Å². The second-order valence-corrected chi connectivity index (χ2v) is 4.09. The second-order valence-electron chi connectivity index (χ2n) is 3.69. The molecule has 1 N–H and O–H groups in total. The van der Waals surface area contributed by atoms with Gasteiger partial charge in [-0.1, -0.05) is 23.7 Å². The lowest BCUT2D eigenvalue weighted by Gasteiger charge is -2.11. The molecular weight excluding hydrogens is 216 g/mol. The van der Waals surface area contributed by atoms with Crippen LogP contribution in [0.5, 0.6) is 5.75 Å². The Kier molecular flexibility index (Phi) is 2.57. The third-order valence-electron chi connectivity index (χ3n) is 2.66. The van der Waals surface area contributed by atoms with Gasteiger partial charge in [-0.3, -0.25) is 4.79 Å². The highest BCUT2D eigenvalue weighted by Gasteiger charge is 2.33. The molecule has 0 aromatic heterocycles. The number of halogens is 1. The lowest BCUT2D eigenvalue weighted by atomic mass is 9.93. The summed E-state index contributed by atoms with van der Waals surface area (Å²) in [6, 6.07) is 5.44.